The summed E-state index contributed by atoms with van der Waals surface area (Å²) in [5.74, 6) is -1.60. The van der Waals surface area contributed by atoms with Gasteiger partial charge in [0.1, 0.15) is 4.90 Å². The maximum atomic E-state index is 14.7. The van der Waals surface area contributed by atoms with Gasteiger partial charge in [-0.05, 0) is 49.2 Å². The van der Waals surface area contributed by atoms with Crippen LogP contribution in [0.4, 0.5) is 4.39 Å². The molecule has 0 aliphatic heterocycles. The minimum Gasteiger partial charge on any atom is -0.369 e. The molecule has 136 valence electrons. The number of primary amides is 1. The Morgan fingerprint density at radius 3 is 2.38 bits per heavy atom. The number of carbonyl (C=O) groups excluding carboxylic acids is 1. The van der Waals surface area contributed by atoms with Gasteiger partial charge in [-0.3, -0.25) is 4.79 Å². The number of H-pyrrole nitrogens is 1. The van der Waals surface area contributed by atoms with Gasteiger partial charge in [-0.1, -0.05) is 17.7 Å². The summed E-state index contributed by atoms with van der Waals surface area (Å²) < 4.78 is 41.3. The number of amides is 1. The summed E-state index contributed by atoms with van der Waals surface area (Å²) in [6.07, 6.45) is -0.370. The normalized spacial score (nSPS) is 11.8. The van der Waals surface area contributed by atoms with E-state index in [1.54, 1.807) is 13.8 Å². The van der Waals surface area contributed by atoms with Crippen molar-refractivity contribution in [3.63, 3.8) is 0 Å². The summed E-state index contributed by atoms with van der Waals surface area (Å²) in [4.78, 5) is 13.9. The second-order valence-electron chi connectivity index (χ2n) is 6.19. The molecule has 0 aliphatic carbocycles. The summed E-state index contributed by atoms with van der Waals surface area (Å²) in [7, 11) is -4.12. The van der Waals surface area contributed by atoms with Crippen LogP contribution in [0.1, 0.15) is 16.8 Å². The van der Waals surface area contributed by atoms with Crippen molar-refractivity contribution in [1.29, 1.82) is 0 Å². The molecule has 5 nitrogen and oxygen atoms in total. The number of aromatic amines is 1. The van der Waals surface area contributed by atoms with Crippen LogP contribution < -0.4 is 5.73 Å². The molecule has 0 spiro atoms. The quantitative estimate of drug-likeness (QED) is 0.709. The minimum absolute atomic E-state index is 0.0148. The van der Waals surface area contributed by atoms with Crippen molar-refractivity contribution in [1.82, 2.24) is 4.98 Å². The zero-order valence-electron chi connectivity index (χ0n) is 14.1. The number of nitrogens with two attached hydrogens (primary N) is 1. The first-order valence-corrected chi connectivity index (χ1v) is 9.57. The molecule has 1 aromatic heterocycles. The average molecular weight is 395 g/mol. The molecule has 0 aliphatic rings. The van der Waals surface area contributed by atoms with E-state index < -0.39 is 21.6 Å². The molecule has 2 aromatic carbocycles. The molecule has 3 N–H and O–H groups in total. The third-order valence-electron chi connectivity index (χ3n) is 4.01. The summed E-state index contributed by atoms with van der Waals surface area (Å²) in [5, 5.41) is -0.382. The van der Waals surface area contributed by atoms with Crippen molar-refractivity contribution >= 4 is 38.2 Å². The van der Waals surface area contributed by atoms with E-state index in [0.717, 1.165) is 11.1 Å². The number of rotatable bonds is 4. The zero-order chi connectivity index (χ0) is 19.2. The molecule has 26 heavy (non-hydrogen) atoms. The Hall–Kier alpha value is -2.38. The maximum absolute atomic E-state index is 14.7. The highest BCUT2D eigenvalue weighted by atomic mass is 35.5. The number of hydrogen-bond acceptors (Lipinski definition) is 3. The van der Waals surface area contributed by atoms with E-state index >= 15 is 0 Å². The lowest BCUT2D eigenvalue weighted by molar-refractivity contribution is -0.117. The Labute approximate surface area is 154 Å². The topological polar surface area (TPSA) is 93.0 Å². The first-order chi connectivity index (χ1) is 12.1. The van der Waals surface area contributed by atoms with Crippen molar-refractivity contribution in [3.8, 4) is 0 Å². The van der Waals surface area contributed by atoms with E-state index in [0.29, 0.717) is 0 Å². The van der Waals surface area contributed by atoms with E-state index in [9.17, 15) is 17.6 Å². The highest BCUT2D eigenvalue weighted by Crippen LogP contribution is 2.36. The van der Waals surface area contributed by atoms with E-state index in [1.807, 2.05) is 6.07 Å². The number of nitrogens with one attached hydrogen (secondary N) is 1. The molecule has 1 heterocycles. The smallest absolute Gasteiger partial charge is 0.223 e. The highest BCUT2D eigenvalue weighted by Gasteiger charge is 2.29. The summed E-state index contributed by atoms with van der Waals surface area (Å²) in [5.41, 5.74) is 7.00. The summed E-state index contributed by atoms with van der Waals surface area (Å²) in [6, 6.07) is 7.61. The van der Waals surface area contributed by atoms with Crippen LogP contribution in [0.25, 0.3) is 10.9 Å². The van der Waals surface area contributed by atoms with E-state index in [2.05, 4.69) is 4.98 Å². The number of fused-ring (bicyclic) bond motifs is 1. The molecule has 0 radical (unpaired) electrons. The first kappa shape index (κ1) is 18.4. The summed E-state index contributed by atoms with van der Waals surface area (Å²) in [6.45, 7) is 3.53. The Balaban J connectivity index is 2.41. The standard InChI is InChI=1S/C18H16ClFN2O3S/c1-9-5-10(2)7-11(6-9)26(24,25)18-14(8-15(21)23)22-13-4-3-12(19)17(20)16(13)18/h3-7,22H,8H2,1-2H3,(H2,21,23). The van der Waals surface area contributed by atoms with Crippen LogP contribution >= 0.6 is 11.6 Å². The van der Waals surface area contributed by atoms with Crippen molar-refractivity contribution in [2.24, 2.45) is 5.73 Å². The lowest BCUT2D eigenvalue weighted by Crippen LogP contribution is -2.16. The number of hydrogen-bond donors (Lipinski definition) is 2. The van der Waals surface area contributed by atoms with Crippen molar-refractivity contribution < 1.29 is 17.6 Å². The fourth-order valence-electron chi connectivity index (χ4n) is 3.05. The molecule has 0 unspecified atom stereocenters. The molecule has 0 fully saturated rings. The van der Waals surface area contributed by atoms with Crippen LogP contribution in [0.5, 0.6) is 0 Å². The van der Waals surface area contributed by atoms with E-state index in [4.69, 9.17) is 17.3 Å². The lowest BCUT2D eigenvalue weighted by atomic mass is 10.2. The van der Waals surface area contributed by atoms with Crippen molar-refractivity contribution in [3.05, 3.63) is 58.0 Å². The molecule has 0 saturated carbocycles. The number of aromatic nitrogens is 1. The maximum Gasteiger partial charge on any atom is 0.223 e. The Kier molecular flexibility index (Phi) is 4.54. The average Bonchev–Trinajstić information content (AvgIpc) is 2.88. The molecule has 8 heteroatoms. The minimum atomic E-state index is -4.12. The molecular weight excluding hydrogens is 379 g/mol. The predicted molar refractivity (Wildman–Crippen MR) is 97.5 cm³/mol. The van der Waals surface area contributed by atoms with Gasteiger partial charge in [-0.25, -0.2) is 12.8 Å². The Morgan fingerprint density at radius 2 is 1.81 bits per heavy atom. The van der Waals surface area contributed by atoms with Gasteiger partial charge in [-0.2, -0.15) is 0 Å². The van der Waals surface area contributed by atoms with Gasteiger partial charge in [0.25, 0.3) is 0 Å². The number of halogens is 2. The number of sulfone groups is 1. The van der Waals surface area contributed by atoms with Crippen molar-refractivity contribution in [2.75, 3.05) is 0 Å². The number of carbonyl (C=O) groups is 1. The molecule has 0 saturated heterocycles. The molecule has 1 amide bonds. The SMILES string of the molecule is Cc1cc(C)cc(S(=O)(=O)c2c(CC(N)=O)[nH]c3ccc(Cl)c(F)c23)c1. The van der Waals surface area contributed by atoms with Crippen LogP contribution in [0.2, 0.25) is 5.02 Å². The molecular formula is C18H16ClFN2O3S. The van der Waals surface area contributed by atoms with Gasteiger partial charge in [0.2, 0.25) is 15.7 Å². The molecule has 3 aromatic rings. The zero-order valence-corrected chi connectivity index (χ0v) is 15.6. The summed E-state index contributed by atoms with van der Waals surface area (Å²) >= 11 is 5.85. The predicted octanol–water partition coefficient (Wildman–Crippen LogP) is 3.44. The van der Waals surface area contributed by atoms with Gasteiger partial charge < -0.3 is 10.7 Å². The van der Waals surface area contributed by atoms with E-state index in [1.165, 1.54) is 24.3 Å². The fraction of sp³-hybridized carbons (Fsp3) is 0.167. The van der Waals surface area contributed by atoms with Crippen molar-refractivity contribution in [2.45, 2.75) is 30.1 Å². The fourth-order valence-corrected chi connectivity index (χ4v) is 5.04. The molecule has 3 rings (SSSR count). The van der Waals surface area contributed by atoms with E-state index in [-0.39, 0.29) is 37.8 Å². The lowest BCUT2D eigenvalue weighted by Gasteiger charge is -2.09. The van der Waals surface area contributed by atoms with Gasteiger partial charge in [-0.15, -0.1) is 0 Å². The van der Waals surface area contributed by atoms with Gasteiger partial charge in [0, 0.05) is 5.69 Å². The Bertz CT molecular complexity index is 1130. The number of benzene rings is 2. The monoisotopic (exact) mass is 394 g/mol. The van der Waals surface area contributed by atoms with Crippen LogP contribution in [0, 0.1) is 19.7 Å². The molecule has 0 bridgehead atoms. The van der Waals surface area contributed by atoms with Gasteiger partial charge >= 0.3 is 0 Å². The second kappa shape index (κ2) is 6.41. The highest BCUT2D eigenvalue weighted by molar-refractivity contribution is 7.91. The third kappa shape index (κ3) is 3.08. The largest absolute Gasteiger partial charge is 0.369 e. The van der Waals surface area contributed by atoms with Gasteiger partial charge in [0.05, 0.1) is 27.2 Å². The second-order valence-corrected chi connectivity index (χ2v) is 8.48. The van der Waals surface area contributed by atoms with Crippen LogP contribution in [0.15, 0.2) is 40.1 Å². The van der Waals surface area contributed by atoms with Crippen LogP contribution in [-0.2, 0) is 21.1 Å². The third-order valence-corrected chi connectivity index (χ3v) is 6.14. The van der Waals surface area contributed by atoms with Crippen LogP contribution in [-0.4, -0.2) is 19.3 Å². The number of aryl methyl sites for hydroxylation is 2. The van der Waals surface area contributed by atoms with Crippen LogP contribution in [0.3, 0.4) is 0 Å². The van der Waals surface area contributed by atoms with Gasteiger partial charge in [0.15, 0.2) is 5.82 Å². The molecule has 0 atom stereocenters. The Morgan fingerprint density at radius 1 is 1.19 bits per heavy atom. The first-order valence-electron chi connectivity index (χ1n) is 7.71.